The highest BCUT2D eigenvalue weighted by atomic mass is 16.2. The predicted octanol–water partition coefficient (Wildman–Crippen LogP) is 2.22. The van der Waals surface area contributed by atoms with Gasteiger partial charge < -0.3 is 15.2 Å². The molecule has 27 heavy (non-hydrogen) atoms. The van der Waals surface area contributed by atoms with Crippen LogP contribution in [-0.2, 0) is 17.6 Å². The average Bonchev–Trinajstić information content (AvgIpc) is 2.88. The molecule has 1 amide bonds. The maximum absolute atomic E-state index is 12.5. The van der Waals surface area contributed by atoms with Crippen LogP contribution in [-0.4, -0.2) is 36.0 Å². The zero-order chi connectivity index (χ0) is 19.2. The van der Waals surface area contributed by atoms with Gasteiger partial charge in [0.25, 0.3) is 5.56 Å². The van der Waals surface area contributed by atoms with E-state index < -0.39 is 0 Å². The number of aryl methyl sites for hydroxylation is 2. The highest BCUT2D eigenvalue weighted by Gasteiger charge is 2.24. The Morgan fingerprint density at radius 3 is 2.78 bits per heavy atom. The van der Waals surface area contributed by atoms with E-state index in [1.165, 1.54) is 5.69 Å². The normalized spacial score (nSPS) is 16.3. The molecule has 2 N–H and O–H groups in total. The van der Waals surface area contributed by atoms with Crippen LogP contribution in [0.3, 0.4) is 0 Å². The summed E-state index contributed by atoms with van der Waals surface area (Å²) < 4.78 is 0. The van der Waals surface area contributed by atoms with Crippen LogP contribution in [0.15, 0.2) is 35.1 Å². The van der Waals surface area contributed by atoms with Crippen molar-refractivity contribution < 1.29 is 4.79 Å². The summed E-state index contributed by atoms with van der Waals surface area (Å²) in [5, 5.41) is 3.07. The monoisotopic (exact) mass is 368 g/mol. The molecule has 1 aliphatic carbocycles. The number of benzene rings is 1. The molecule has 0 bridgehead atoms. The van der Waals surface area contributed by atoms with Gasteiger partial charge in [0.2, 0.25) is 5.91 Å². The maximum atomic E-state index is 12.5. The van der Waals surface area contributed by atoms with Crippen molar-refractivity contribution in [3.63, 3.8) is 0 Å². The highest BCUT2D eigenvalue weighted by Crippen LogP contribution is 2.21. The molecular formula is C21H28N4O2. The third kappa shape index (κ3) is 4.96. The topological polar surface area (TPSA) is 78.1 Å². The minimum absolute atomic E-state index is 0.0502. The Balaban J connectivity index is 1.45. The van der Waals surface area contributed by atoms with E-state index in [1.54, 1.807) is 6.92 Å². The molecule has 1 aliphatic rings. The summed E-state index contributed by atoms with van der Waals surface area (Å²) in [6.45, 7) is 3.35. The Morgan fingerprint density at radius 1 is 1.26 bits per heavy atom. The molecule has 6 nitrogen and oxygen atoms in total. The molecule has 1 aromatic carbocycles. The van der Waals surface area contributed by atoms with Gasteiger partial charge in [-0.3, -0.25) is 9.59 Å². The van der Waals surface area contributed by atoms with Gasteiger partial charge in [-0.15, -0.1) is 0 Å². The van der Waals surface area contributed by atoms with Gasteiger partial charge in [0.15, 0.2) is 0 Å². The number of nitrogens with one attached hydrogen (secondary N) is 2. The lowest BCUT2D eigenvalue weighted by Gasteiger charge is -2.20. The lowest BCUT2D eigenvalue weighted by molar-refractivity contribution is -0.125. The van der Waals surface area contributed by atoms with Gasteiger partial charge >= 0.3 is 0 Å². The van der Waals surface area contributed by atoms with Gasteiger partial charge in [0.1, 0.15) is 5.82 Å². The first-order valence-corrected chi connectivity index (χ1v) is 9.67. The SMILES string of the molecule is Cc1nc2c(c(=O)[nH]1)CCC(C(=O)NCCCN(C)c1ccccc1)CC2. The molecule has 2 aromatic rings. The van der Waals surface area contributed by atoms with Crippen LogP contribution in [0.25, 0.3) is 0 Å². The van der Waals surface area contributed by atoms with E-state index in [1.807, 2.05) is 18.2 Å². The standard InChI is InChI=1S/C21H28N4O2/c1-15-23-19-12-10-16(9-11-18(19)21(27)24-15)20(26)22-13-6-14-25(2)17-7-4-3-5-8-17/h3-5,7-8,16H,6,9-14H2,1-2H3,(H,22,26)(H,23,24,27). The van der Waals surface area contributed by atoms with Crippen LogP contribution in [0.4, 0.5) is 5.69 Å². The number of carbonyl (C=O) groups is 1. The number of amides is 1. The zero-order valence-corrected chi connectivity index (χ0v) is 16.1. The molecule has 0 fully saturated rings. The number of para-hydroxylation sites is 1. The minimum atomic E-state index is -0.0532. The summed E-state index contributed by atoms with van der Waals surface area (Å²) >= 11 is 0. The number of fused-ring (bicyclic) bond motifs is 1. The molecule has 1 unspecified atom stereocenters. The second-order valence-electron chi connectivity index (χ2n) is 7.25. The molecule has 0 spiro atoms. The third-order valence-corrected chi connectivity index (χ3v) is 5.23. The second kappa shape index (κ2) is 8.84. The fraction of sp³-hybridized carbons (Fsp3) is 0.476. The highest BCUT2D eigenvalue weighted by molar-refractivity contribution is 5.78. The van der Waals surface area contributed by atoms with Crippen molar-refractivity contribution in [1.29, 1.82) is 0 Å². The van der Waals surface area contributed by atoms with Gasteiger partial charge in [-0.05, 0) is 51.2 Å². The van der Waals surface area contributed by atoms with Gasteiger partial charge in [-0.25, -0.2) is 4.98 Å². The molecular weight excluding hydrogens is 340 g/mol. The van der Waals surface area contributed by atoms with Crippen LogP contribution < -0.4 is 15.8 Å². The van der Waals surface area contributed by atoms with Crippen molar-refractivity contribution in [3.8, 4) is 0 Å². The van der Waals surface area contributed by atoms with Crippen molar-refractivity contribution in [2.75, 3.05) is 25.0 Å². The van der Waals surface area contributed by atoms with Crippen LogP contribution >= 0.6 is 0 Å². The molecule has 6 heteroatoms. The fourth-order valence-electron chi connectivity index (χ4n) is 3.65. The van der Waals surface area contributed by atoms with E-state index in [9.17, 15) is 9.59 Å². The summed E-state index contributed by atoms with van der Waals surface area (Å²) in [6, 6.07) is 10.2. The van der Waals surface area contributed by atoms with E-state index in [0.717, 1.165) is 30.6 Å². The van der Waals surface area contributed by atoms with Gasteiger partial charge in [0, 0.05) is 37.3 Å². The zero-order valence-electron chi connectivity index (χ0n) is 16.1. The number of aromatic nitrogens is 2. The van der Waals surface area contributed by atoms with E-state index in [4.69, 9.17) is 0 Å². The van der Waals surface area contributed by atoms with E-state index in [0.29, 0.717) is 31.6 Å². The average molecular weight is 368 g/mol. The predicted molar refractivity (Wildman–Crippen MR) is 107 cm³/mol. The number of rotatable bonds is 6. The molecule has 0 saturated carbocycles. The fourth-order valence-corrected chi connectivity index (χ4v) is 3.65. The number of nitrogens with zero attached hydrogens (tertiary/aromatic N) is 2. The molecule has 0 radical (unpaired) electrons. The Bertz CT molecular complexity index is 832. The van der Waals surface area contributed by atoms with Crippen LogP contribution in [0, 0.1) is 12.8 Å². The molecule has 0 aliphatic heterocycles. The van der Waals surface area contributed by atoms with Crippen molar-refractivity contribution in [2.45, 2.75) is 39.0 Å². The second-order valence-corrected chi connectivity index (χ2v) is 7.25. The van der Waals surface area contributed by atoms with Crippen molar-refractivity contribution in [3.05, 3.63) is 57.8 Å². The minimum Gasteiger partial charge on any atom is -0.375 e. The number of anilines is 1. The Labute approximate surface area is 160 Å². The largest absolute Gasteiger partial charge is 0.375 e. The summed E-state index contributed by atoms with van der Waals surface area (Å²) in [5.74, 6) is 0.688. The van der Waals surface area contributed by atoms with Crippen molar-refractivity contribution in [1.82, 2.24) is 15.3 Å². The first kappa shape index (κ1) is 19.1. The summed E-state index contributed by atoms with van der Waals surface area (Å²) in [4.78, 5) is 34.1. The van der Waals surface area contributed by atoms with Gasteiger partial charge in [-0.2, -0.15) is 0 Å². The van der Waals surface area contributed by atoms with Gasteiger partial charge in [0.05, 0.1) is 5.69 Å². The Hall–Kier alpha value is -2.63. The lowest BCUT2D eigenvalue weighted by Crippen LogP contribution is -2.33. The molecule has 3 rings (SSSR count). The molecule has 1 aromatic heterocycles. The van der Waals surface area contributed by atoms with E-state index in [2.05, 4.69) is 39.4 Å². The molecule has 1 heterocycles. The smallest absolute Gasteiger partial charge is 0.254 e. The summed E-state index contributed by atoms with van der Waals surface area (Å²) in [6.07, 6.45) is 3.65. The van der Waals surface area contributed by atoms with E-state index >= 15 is 0 Å². The summed E-state index contributed by atoms with van der Waals surface area (Å²) in [5.41, 5.74) is 2.73. The Morgan fingerprint density at radius 2 is 2.00 bits per heavy atom. The molecule has 1 atom stereocenters. The molecule has 144 valence electrons. The lowest BCUT2D eigenvalue weighted by atomic mass is 9.99. The first-order valence-electron chi connectivity index (χ1n) is 9.67. The number of H-pyrrole nitrogens is 1. The quantitative estimate of drug-likeness (QED) is 0.605. The van der Waals surface area contributed by atoms with Crippen molar-refractivity contribution in [2.24, 2.45) is 5.92 Å². The number of aromatic amines is 1. The van der Waals surface area contributed by atoms with E-state index in [-0.39, 0.29) is 17.4 Å². The Kier molecular flexibility index (Phi) is 6.27. The molecule has 0 saturated heterocycles. The summed E-state index contributed by atoms with van der Waals surface area (Å²) in [7, 11) is 2.06. The van der Waals surface area contributed by atoms with Crippen molar-refractivity contribution >= 4 is 11.6 Å². The van der Waals surface area contributed by atoms with Gasteiger partial charge in [-0.1, -0.05) is 18.2 Å². The van der Waals surface area contributed by atoms with Crippen LogP contribution in [0.2, 0.25) is 0 Å². The maximum Gasteiger partial charge on any atom is 0.254 e. The third-order valence-electron chi connectivity index (χ3n) is 5.23. The number of hydrogen-bond donors (Lipinski definition) is 2. The van der Waals surface area contributed by atoms with Crippen LogP contribution in [0.1, 0.15) is 36.3 Å². The van der Waals surface area contributed by atoms with Crippen LogP contribution in [0.5, 0.6) is 0 Å². The number of hydrogen-bond acceptors (Lipinski definition) is 4. The first-order chi connectivity index (χ1) is 13.0. The number of carbonyl (C=O) groups excluding carboxylic acids is 1.